The van der Waals surface area contributed by atoms with E-state index in [9.17, 15) is 9.90 Å². The Labute approximate surface area is 271 Å². The van der Waals surface area contributed by atoms with E-state index in [1.165, 1.54) is 32.1 Å². The molecule has 0 saturated carbocycles. The van der Waals surface area contributed by atoms with Crippen molar-refractivity contribution in [1.29, 1.82) is 0 Å². The van der Waals surface area contributed by atoms with Gasteiger partial charge >= 0.3 is 6.03 Å². The van der Waals surface area contributed by atoms with Crippen molar-refractivity contribution in [2.45, 2.75) is 63.6 Å². The summed E-state index contributed by atoms with van der Waals surface area (Å²) >= 11 is 0. The number of anilines is 2. The molecule has 3 atom stereocenters. The minimum Gasteiger partial charge on any atom is -0.457 e. The third-order valence-corrected chi connectivity index (χ3v) is 8.56. The van der Waals surface area contributed by atoms with Crippen molar-refractivity contribution < 1.29 is 24.1 Å². The van der Waals surface area contributed by atoms with Crippen molar-refractivity contribution in [3.8, 4) is 11.5 Å². The lowest BCUT2D eigenvalue weighted by atomic mass is 9.99. The van der Waals surface area contributed by atoms with E-state index in [1.807, 2.05) is 91.0 Å². The Balaban J connectivity index is 1.08. The Morgan fingerprint density at radius 2 is 1.30 bits per heavy atom. The Hall–Kier alpha value is -4.21. The number of urea groups is 1. The van der Waals surface area contributed by atoms with Crippen LogP contribution in [0.15, 0.2) is 103 Å². The van der Waals surface area contributed by atoms with Gasteiger partial charge in [0.1, 0.15) is 11.5 Å². The Morgan fingerprint density at radius 3 is 1.96 bits per heavy atom. The van der Waals surface area contributed by atoms with E-state index in [2.05, 4.69) is 15.5 Å². The topological polar surface area (TPSA) is 92.3 Å². The fourth-order valence-corrected chi connectivity index (χ4v) is 6.06. The summed E-state index contributed by atoms with van der Waals surface area (Å²) in [6.07, 6.45) is 6.52. The first-order chi connectivity index (χ1) is 22.6. The second kappa shape index (κ2) is 15.9. The zero-order valence-electron chi connectivity index (χ0n) is 26.1. The molecule has 240 valence electrons. The second-order valence-electron chi connectivity index (χ2n) is 12.1. The highest BCUT2D eigenvalue weighted by Crippen LogP contribution is 2.38. The summed E-state index contributed by atoms with van der Waals surface area (Å²) in [6.45, 7) is 3.11. The number of aliphatic hydroxyl groups is 1. The molecule has 3 unspecified atom stereocenters. The predicted molar refractivity (Wildman–Crippen MR) is 180 cm³/mol. The van der Waals surface area contributed by atoms with Gasteiger partial charge in [0, 0.05) is 29.9 Å². The second-order valence-corrected chi connectivity index (χ2v) is 12.1. The number of hydrogen-bond acceptors (Lipinski definition) is 6. The molecule has 2 fully saturated rings. The summed E-state index contributed by atoms with van der Waals surface area (Å²) in [6, 6.07) is 32.1. The Morgan fingerprint density at radius 1 is 0.717 bits per heavy atom. The van der Waals surface area contributed by atoms with Crippen molar-refractivity contribution in [2.24, 2.45) is 0 Å². The highest BCUT2D eigenvalue weighted by atomic mass is 16.7. The summed E-state index contributed by atoms with van der Waals surface area (Å²) in [5, 5.41) is 15.3. The summed E-state index contributed by atoms with van der Waals surface area (Å²) < 4.78 is 18.9. The van der Waals surface area contributed by atoms with E-state index >= 15 is 0 Å². The number of likely N-dealkylation sites (tertiary alicyclic amines) is 1. The molecular weight excluding hydrogens is 578 g/mol. The van der Waals surface area contributed by atoms with Gasteiger partial charge in [0.25, 0.3) is 0 Å². The van der Waals surface area contributed by atoms with Crippen LogP contribution >= 0.6 is 0 Å². The molecule has 46 heavy (non-hydrogen) atoms. The number of carbonyl (C=O) groups is 1. The number of aliphatic hydroxyl groups excluding tert-OH is 1. The number of rotatable bonds is 9. The molecule has 0 spiro atoms. The smallest absolute Gasteiger partial charge is 0.323 e. The van der Waals surface area contributed by atoms with Gasteiger partial charge in [0.05, 0.1) is 18.8 Å². The Bertz CT molecular complexity index is 1510. The number of carbonyl (C=O) groups excluding carboxylic acids is 1. The molecule has 2 heterocycles. The van der Waals surface area contributed by atoms with Gasteiger partial charge in [0.15, 0.2) is 6.29 Å². The molecule has 4 aromatic rings. The third kappa shape index (κ3) is 8.95. The molecule has 2 aliphatic heterocycles. The van der Waals surface area contributed by atoms with E-state index < -0.39 is 6.29 Å². The summed E-state index contributed by atoms with van der Waals surface area (Å²) in [4.78, 5) is 15.3. The van der Waals surface area contributed by atoms with Crippen molar-refractivity contribution >= 4 is 17.4 Å². The Kier molecular flexibility index (Phi) is 11.0. The van der Waals surface area contributed by atoms with Crippen LogP contribution < -0.4 is 15.4 Å². The number of benzene rings is 4. The maximum Gasteiger partial charge on any atom is 0.323 e. The van der Waals surface area contributed by atoms with Gasteiger partial charge in [0.2, 0.25) is 0 Å². The van der Waals surface area contributed by atoms with E-state index in [1.54, 1.807) is 12.1 Å². The van der Waals surface area contributed by atoms with Gasteiger partial charge in [-0.15, -0.1) is 0 Å². The lowest BCUT2D eigenvalue weighted by Crippen LogP contribution is -2.40. The third-order valence-electron chi connectivity index (χ3n) is 8.56. The first-order valence-electron chi connectivity index (χ1n) is 16.4. The van der Waals surface area contributed by atoms with Crippen LogP contribution in [0.5, 0.6) is 11.5 Å². The first-order valence-corrected chi connectivity index (χ1v) is 16.4. The molecule has 3 N–H and O–H groups in total. The van der Waals surface area contributed by atoms with Crippen molar-refractivity contribution in [3.63, 3.8) is 0 Å². The number of nitrogens with one attached hydrogen (secondary N) is 2. The zero-order valence-corrected chi connectivity index (χ0v) is 26.1. The average molecular weight is 622 g/mol. The molecular formula is C38H43N3O5. The van der Waals surface area contributed by atoms with Crippen molar-refractivity contribution in [2.75, 3.05) is 30.3 Å². The van der Waals surface area contributed by atoms with E-state index in [4.69, 9.17) is 14.2 Å². The fraction of sp³-hybridized carbons (Fsp3) is 0.342. The normalized spacial score (nSPS) is 20.7. The van der Waals surface area contributed by atoms with Gasteiger partial charge in [-0.1, -0.05) is 73.9 Å². The quantitative estimate of drug-likeness (QED) is 0.174. The minimum atomic E-state index is -0.532. The van der Waals surface area contributed by atoms with Crippen LogP contribution in [0, 0.1) is 0 Å². The number of amides is 2. The number of hydrogen-bond donors (Lipinski definition) is 3. The van der Waals surface area contributed by atoms with Gasteiger partial charge in [-0.2, -0.15) is 0 Å². The molecule has 0 aliphatic carbocycles. The molecule has 8 heteroatoms. The van der Waals surface area contributed by atoms with Gasteiger partial charge in [-0.05, 0) is 85.6 Å². The van der Waals surface area contributed by atoms with E-state index in [0.717, 1.165) is 48.5 Å². The highest BCUT2D eigenvalue weighted by molar-refractivity contribution is 5.99. The van der Waals surface area contributed by atoms with Crippen LogP contribution in [0.1, 0.15) is 67.6 Å². The highest BCUT2D eigenvalue weighted by Gasteiger charge is 2.33. The van der Waals surface area contributed by atoms with Crippen molar-refractivity contribution in [1.82, 2.24) is 4.90 Å². The van der Waals surface area contributed by atoms with Gasteiger partial charge in [-0.25, -0.2) is 4.79 Å². The fourth-order valence-electron chi connectivity index (χ4n) is 6.06. The van der Waals surface area contributed by atoms with Gasteiger partial charge in [-0.3, -0.25) is 0 Å². The van der Waals surface area contributed by atoms with Crippen LogP contribution in [-0.2, 0) is 16.1 Å². The molecule has 0 radical (unpaired) electrons. The molecule has 8 nitrogen and oxygen atoms in total. The molecule has 2 aliphatic rings. The van der Waals surface area contributed by atoms with Crippen LogP contribution in [-0.4, -0.2) is 41.8 Å². The van der Waals surface area contributed by atoms with Crippen LogP contribution in [0.3, 0.4) is 0 Å². The van der Waals surface area contributed by atoms with Crippen LogP contribution in [0.4, 0.5) is 16.2 Å². The SMILES string of the molecule is O=C(Nc1ccc(Oc2ccccc2)cc1)Nc1ccc(C2OC(CN3CCCCCCC3)CC(c3ccc(CO)cc3)O2)cc1. The average Bonchev–Trinajstić information content (AvgIpc) is 3.07. The standard InChI is InChI=1S/C38H43N3O5/c42-27-28-11-13-29(14-12-28)36-25-35(26-41-23-7-2-1-3-8-24-41)45-37(46-36)30-15-17-31(18-16-30)39-38(43)40-32-19-21-34(22-20-32)44-33-9-5-4-6-10-33/h4-6,9-22,35-37,42H,1-3,7-8,23-27H2,(H2,39,40,43). The number of para-hydroxylation sites is 1. The van der Waals surface area contributed by atoms with Crippen LogP contribution in [0.25, 0.3) is 0 Å². The van der Waals surface area contributed by atoms with Crippen molar-refractivity contribution in [3.05, 3.63) is 120 Å². The summed E-state index contributed by atoms with van der Waals surface area (Å²) in [5.41, 5.74) is 4.18. The molecule has 6 rings (SSSR count). The molecule has 0 aromatic heterocycles. The van der Waals surface area contributed by atoms with E-state index in [0.29, 0.717) is 17.1 Å². The summed E-state index contributed by atoms with van der Waals surface area (Å²) in [5.74, 6) is 1.44. The van der Waals surface area contributed by atoms with Gasteiger partial charge < -0.3 is 34.9 Å². The number of ether oxygens (including phenoxy) is 3. The monoisotopic (exact) mass is 621 g/mol. The minimum absolute atomic E-state index is 0.0174. The molecule has 4 aromatic carbocycles. The van der Waals surface area contributed by atoms with Crippen LogP contribution in [0.2, 0.25) is 0 Å². The molecule has 2 amide bonds. The zero-order chi connectivity index (χ0) is 31.6. The maximum absolute atomic E-state index is 12.7. The lowest BCUT2D eigenvalue weighted by molar-refractivity contribution is -0.253. The largest absolute Gasteiger partial charge is 0.457 e. The first kappa shape index (κ1) is 31.8. The number of nitrogens with zero attached hydrogens (tertiary/aromatic N) is 1. The lowest BCUT2D eigenvalue weighted by Gasteiger charge is -2.38. The predicted octanol–water partition coefficient (Wildman–Crippen LogP) is 8.43. The molecule has 0 bridgehead atoms. The molecule has 2 saturated heterocycles. The summed E-state index contributed by atoms with van der Waals surface area (Å²) in [7, 11) is 0. The van der Waals surface area contributed by atoms with E-state index in [-0.39, 0.29) is 24.8 Å². The maximum atomic E-state index is 12.7.